The number of hydrogen-bond acceptors (Lipinski definition) is 3. The lowest BCUT2D eigenvalue weighted by atomic mass is 9.85. The minimum Gasteiger partial charge on any atom is -0.353 e. The van der Waals surface area contributed by atoms with Crippen molar-refractivity contribution in [2.45, 2.75) is 18.9 Å². The Kier molecular flexibility index (Phi) is 4.19. The van der Waals surface area contributed by atoms with Gasteiger partial charge in [0.15, 0.2) is 10.8 Å². The number of benzene rings is 1. The van der Waals surface area contributed by atoms with Gasteiger partial charge in [0, 0.05) is 22.3 Å². The summed E-state index contributed by atoms with van der Waals surface area (Å²) in [7, 11) is 0. The van der Waals surface area contributed by atoms with Crippen molar-refractivity contribution in [2.24, 2.45) is 4.99 Å². The summed E-state index contributed by atoms with van der Waals surface area (Å²) in [6.45, 7) is 1.99. The molecule has 4 rings (SSSR count). The maximum Gasteiger partial charge on any atom is 0.193 e. The van der Waals surface area contributed by atoms with E-state index in [0.29, 0.717) is 10.1 Å². The highest BCUT2D eigenvalue weighted by atomic mass is 35.5. The summed E-state index contributed by atoms with van der Waals surface area (Å²) in [5.74, 6) is -0.0284. The van der Waals surface area contributed by atoms with Crippen LogP contribution in [-0.4, -0.2) is 20.8 Å². The van der Waals surface area contributed by atoms with Gasteiger partial charge in [-0.25, -0.2) is 15.0 Å². The third kappa shape index (κ3) is 3.13. The second kappa shape index (κ2) is 6.50. The molecule has 1 aliphatic heterocycles. The zero-order valence-electron chi connectivity index (χ0n) is 13.5. The number of nitrogens with one attached hydrogen (secondary N) is 1. The maximum atomic E-state index is 6.04. The lowest BCUT2D eigenvalue weighted by molar-refractivity contribution is 0.584. The monoisotopic (exact) mass is 366 g/mol. The van der Waals surface area contributed by atoms with E-state index in [1.165, 1.54) is 0 Å². The van der Waals surface area contributed by atoms with Crippen LogP contribution in [0.25, 0.3) is 11.0 Å². The lowest BCUT2D eigenvalue weighted by Gasteiger charge is -2.32. The Bertz CT molecular complexity index is 984. The Morgan fingerprint density at radius 1 is 1.08 bits per heavy atom. The van der Waals surface area contributed by atoms with Gasteiger partial charge in [-0.05, 0) is 61.1 Å². The summed E-state index contributed by atoms with van der Waals surface area (Å²) < 4.78 is 0. The Hall–Kier alpha value is -2.37. The van der Waals surface area contributed by atoms with Gasteiger partial charge in [0.05, 0.1) is 17.7 Å². The number of thiocarbonyl (C=S) groups is 1. The van der Waals surface area contributed by atoms with Crippen LogP contribution in [0.15, 0.2) is 59.7 Å². The first-order valence-electron chi connectivity index (χ1n) is 7.94. The molecule has 0 saturated heterocycles. The van der Waals surface area contributed by atoms with Crippen molar-refractivity contribution in [2.75, 3.05) is 0 Å². The van der Waals surface area contributed by atoms with Crippen molar-refractivity contribution in [3.8, 4) is 0 Å². The molecular formula is C19H15ClN4S. The molecule has 3 heterocycles. The second-order valence-electron chi connectivity index (χ2n) is 6.00. The standard InChI is InChI=1S/C19H15ClN4S/c1-11-16(15-9-6-13-3-2-10-21-18(13)23-15)17(24-19(25)22-11)12-4-7-14(20)8-5-12/h2-10,16-17H,1H3,(H,24,25). The fourth-order valence-corrected chi connectivity index (χ4v) is 3.59. The molecule has 2 atom stereocenters. The van der Waals surface area contributed by atoms with E-state index in [1.807, 2.05) is 55.5 Å². The van der Waals surface area contributed by atoms with Crippen molar-refractivity contribution in [1.82, 2.24) is 15.3 Å². The van der Waals surface area contributed by atoms with E-state index in [0.717, 1.165) is 28.0 Å². The van der Waals surface area contributed by atoms with Crippen molar-refractivity contribution in [1.29, 1.82) is 0 Å². The van der Waals surface area contributed by atoms with E-state index in [9.17, 15) is 0 Å². The van der Waals surface area contributed by atoms with Gasteiger partial charge in [0.25, 0.3) is 0 Å². The SMILES string of the molecule is CC1=NC(=S)NC(c2ccc(Cl)cc2)C1c1ccc2cccnc2n1. The van der Waals surface area contributed by atoms with Crippen molar-refractivity contribution >= 4 is 45.7 Å². The second-order valence-corrected chi connectivity index (χ2v) is 6.82. The summed E-state index contributed by atoms with van der Waals surface area (Å²) >= 11 is 11.3. The number of rotatable bonds is 2. The Morgan fingerprint density at radius 3 is 2.68 bits per heavy atom. The van der Waals surface area contributed by atoms with Gasteiger partial charge >= 0.3 is 0 Å². The van der Waals surface area contributed by atoms with E-state index < -0.39 is 0 Å². The Labute approximate surface area is 156 Å². The largest absolute Gasteiger partial charge is 0.353 e. The molecule has 3 aromatic rings. The quantitative estimate of drug-likeness (QED) is 0.680. The van der Waals surface area contributed by atoms with Crippen molar-refractivity contribution in [3.63, 3.8) is 0 Å². The minimum absolute atomic E-state index is 0.0284. The highest BCUT2D eigenvalue weighted by molar-refractivity contribution is 7.80. The Morgan fingerprint density at radius 2 is 1.88 bits per heavy atom. The van der Waals surface area contributed by atoms with Crippen LogP contribution < -0.4 is 5.32 Å². The van der Waals surface area contributed by atoms with Crippen molar-refractivity contribution in [3.05, 3.63) is 71.0 Å². The van der Waals surface area contributed by atoms with Gasteiger partial charge < -0.3 is 5.32 Å². The molecule has 0 aliphatic carbocycles. The molecule has 0 radical (unpaired) electrons. The molecule has 1 N–H and O–H groups in total. The third-order valence-electron chi connectivity index (χ3n) is 4.37. The smallest absolute Gasteiger partial charge is 0.193 e. The molecule has 2 aromatic heterocycles. The van der Waals surface area contributed by atoms with Crippen LogP contribution >= 0.6 is 23.8 Å². The molecule has 0 saturated carbocycles. The van der Waals surface area contributed by atoms with Crippen LogP contribution in [-0.2, 0) is 0 Å². The average molecular weight is 367 g/mol. The van der Waals surface area contributed by atoms with Crippen LogP contribution in [0.4, 0.5) is 0 Å². The molecule has 0 bridgehead atoms. The number of hydrogen-bond donors (Lipinski definition) is 1. The summed E-state index contributed by atoms with van der Waals surface area (Å²) in [6, 6.07) is 15.7. The topological polar surface area (TPSA) is 50.2 Å². The zero-order chi connectivity index (χ0) is 17.4. The summed E-state index contributed by atoms with van der Waals surface area (Å²) in [5.41, 5.74) is 3.68. The molecule has 0 spiro atoms. The van der Waals surface area contributed by atoms with E-state index in [-0.39, 0.29) is 12.0 Å². The molecule has 0 fully saturated rings. The number of pyridine rings is 2. The summed E-state index contributed by atoms with van der Waals surface area (Å²) in [4.78, 5) is 13.6. The molecule has 124 valence electrons. The fourth-order valence-electron chi connectivity index (χ4n) is 3.19. The first kappa shape index (κ1) is 16.1. The molecule has 2 unspecified atom stereocenters. The van der Waals surface area contributed by atoms with Crippen molar-refractivity contribution < 1.29 is 0 Å². The van der Waals surface area contributed by atoms with E-state index >= 15 is 0 Å². The molecular weight excluding hydrogens is 352 g/mol. The molecule has 0 amide bonds. The van der Waals surface area contributed by atoms with E-state index in [2.05, 4.69) is 15.3 Å². The normalized spacial score (nSPS) is 20.2. The van der Waals surface area contributed by atoms with Crippen LogP contribution in [0.1, 0.15) is 30.1 Å². The predicted molar refractivity (Wildman–Crippen MR) is 105 cm³/mol. The van der Waals surface area contributed by atoms with Gasteiger partial charge in [-0.1, -0.05) is 23.7 Å². The molecule has 1 aliphatic rings. The number of fused-ring (bicyclic) bond motifs is 1. The van der Waals surface area contributed by atoms with Gasteiger partial charge in [-0.2, -0.15) is 0 Å². The minimum atomic E-state index is -0.0454. The molecule has 6 heteroatoms. The highest BCUT2D eigenvalue weighted by Gasteiger charge is 2.32. The first-order chi connectivity index (χ1) is 12.1. The number of nitrogens with zero attached hydrogens (tertiary/aromatic N) is 3. The van der Waals surface area contributed by atoms with E-state index in [4.69, 9.17) is 28.8 Å². The lowest BCUT2D eigenvalue weighted by Crippen LogP contribution is -2.38. The molecule has 4 nitrogen and oxygen atoms in total. The molecule has 25 heavy (non-hydrogen) atoms. The molecule has 1 aromatic carbocycles. The van der Waals surface area contributed by atoms with Gasteiger partial charge in [0.2, 0.25) is 0 Å². The van der Waals surface area contributed by atoms with Gasteiger partial charge in [-0.3, -0.25) is 0 Å². The van der Waals surface area contributed by atoms with Gasteiger partial charge in [-0.15, -0.1) is 0 Å². The first-order valence-corrected chi connectivity index (χ1v) is 8.73. The fraction of sp³-hybridized carbons (Fsp3) is 0.158. The Balaban J connectivity index is 1.83. The van der Waals surface area contributed by atoms with Crippen LogP contribution in [0.5, 0.6) is 0 Å². The number of aromatic nitrogens is 2. The zero-order valence-corrected chi connectivity index (χ0v) is 15.1. The number of aliphatic imine (C=N–C) groups is 1. The van der Waals surface area contributed by atoms with Gasteiger partial charge in [0.1, 0.15) is 0 Å². The van der Waals surface area contributed by atoms with Crippen LogP contribution in [0.3, 0.4) is 0 Å². The van der Waals surface area contributed by atoms with E-state index in [1.54, 1.807) is 6.20 Å². The number of halogens is 1. The third-order valence-corrected chi connectivity index (χ3v) is 4.83. The summed E-state index contributed by atoms with van der Waals surface area (Å²) in [5, 5.41) is 5.54. The van der Waals surface area contributed by atoms with Crippen LogP contribution in [0, 0.1) is 0 Å². The predicted octanol–water partition coefficient (Wildman–Crippen LogP) is 4.46. The van der Waals surface area contributed by atoms with Crippen LogP contribution in [0.2, 0.25) is 5.02 Å². The highest BCUT2D eigenvalue weighted by Crippen LogP contribution is 2.35. The summed E-state index contributed by atoms with van der Waals surface area (Å²) in [6.07, 6.45) is 1.75. The maximum absolute atomic E-state index is 6.04. The average Bonchev–Trinajstić information content (AvgIpc) is 2.61.